The van der Waals surface area contributed by atoms with Crippen molar-refractivity contribution in [3.63, 3.8) is 0 Å². The van der Waals surface area contributed by atoms with Gasteiger partial charge in [-0.3, -0.25) is 4.79 Å². The van der Waals surface area contributed by atoms with Gasteiger partial charge in [0.25, 0.3) is 0 Å². The Balaban J connectivity index is 1.61. The first-order valence-corrected chi connectivity index (χ1v) is 8.53. The highest BCUT2D eigenvalue weighted by Gasteiger charge is 2.20. The van der Waals surface area contributed by atoms with Crippen LogP contribution in [0.5, 0.6) is 0 Å². The second-order valence-corrected chi connectivity index (χ2v) is 6.28. The van der Waals surface area contributed by atoms with Gasteiger partial charge in [0.05, 0.1) is 0 Å². The van der Waals surface area contributed by atoms with E-state index in [1.807, 2.05) is 24.3 Å². The van der Waals surface area contributed by atoms with Crippen molar-refractivity contribution >= 4 is 18.0 Å². The lowest BCUT2D eigenvalue weighted by molar-refractivity contribution is -0.104. The highest BCUT2D eigenvalue weighted by molar-refractivity contribution is 5.74. The van der Waals surface area contributed by atoms with Crippen molar-refractivity contribution in [3.8, 4) is 0 Å². The maximum absolute atomic E-state index is 12.6. The van der Waals surface area contributed by atoms with Crippen molar-refractivity contribution < 1.29 is 4.79 Å². The van der Waals surface area contributed by atoms with E-state index in [0.717, 1.165) is 55.2 Å². The summed E-state index contributed by atoms with van der Waals surface area (Å²) in [4.78, 5) is 10.4. The molecule has 1 unspecified atom stereocenters. The molecule has 1 aliphatic rings. The highest BCUT2D eigenvalue weighted by atomic mass is 16.5. The number of fused-ring (bicyclic) bond motifs is 1. The molecule has 2 aromatic rings. The first-order chi connectivity index (χ1) is 11.8. The second-order valence-electron chi connectivity index (χ2n) is 6.28. The standard InChI is InChI=1S/C21H22NO2/c23-15-5-9-18-11-14-21-19(16-18)12-13-20(22(21)24)10-4-8-17-6-2-1-3-7-17/h1-3,5-7,9,11,14-16,20H,4,8,10,12-13H2/q-1. The van der Waals surface area contributed by atoms with Crippen molar-refractivity contribution in [1.29, 1.82) is 0 Å². The Morgan fingerprint density at radius 2 is 2.00 bits per heavy atom. The molecule has 0 radical (unpaired) electrons. The number of aryl methyl sites for hydroxylation is 2. The summed E-state index contributed by atoms with van der Waals surface area (Å²) in [6, 6.07) is 16.3. The van der Waals surface area contributed by atoms with E-state index in [9.17, 15) is 10.0 Å². The molecule has 0 spiro atoms. The van der Waals surface area contributed by atoms with Crippen molar-refractivity contribution in [3.05, 3.63) is 76.5 Å². The topological polar surface area (TPSA) is 43.4 Å². The smallest absolute Gasteiger partial charge is 0.142 e. The number of anilines is 1. The van der Waals surface area contributed by atoms with Gasteiger partial charge in [-0.2, -0.15) is 0 Å². The number of hydroxylamine groups is 1. The number of nitrogens with zero attached hydrogens (tertiary/aromatic N) is 1. The van der Waals surface area contributed by atoms with E-state index in [4.69, 9.17) is 0 Å². The lowest BCUT2D eigenvalue weighted by atomic mass is 9.92. The van der Waals surface area contributed by atoms with Gasteiger partial charge in [0, 0.05) is 11.7 Å². The van der Waals surface area contributed by atoms with Crippen LogP contribution in [-0.2, 0) is 17.6 Å². The van der Waals surface area contributed by atoms with Crippen LogP contribution in [-0.4, -0.2) is 12.3 Å². The Morgan fingerprint density at radius 3 is 2.79 bits per heavy atom. The normalized spacial score (nSPS) is 17.0. The summed E-state index contributed by atoms with van der Waals surface area (Å²) in [7, 11) is 0. The molecule has 0 aromatic heterocycles. The number of rotatable bonds is 6. The fourth-order valence-electron chi connectivity index (χ4n) is 3.36. The summed E-state index contributed by atoms with van der Waals surface area (Å²) in [5, 5.41) is 13.8. The monoisotopic (exact) mass is 320 g/mol. The molecule has 0 bridgehead atoms. The maximum Gasteiger partial charge on any atom is 0.142 e. The molecule has 1 heterocycles. The molecule has 1 aliphatic heterocycles. The zero-order chi connectivity index (χ0) is 16.8. The molecule has 0 fully saturated rings. The number of aldehydes is 1. The molecule has 3 heteroatoms. The lowest BCUT2D eigenvalue weighted by Gasteiger charge is -2.44. The van der Waals surface area contributed by atoms with Crippen LogP contribution in [0, 0.1) is 5.21 Å². The fraction of sp³-hybridized carbons (Fsp3) is 0.286. The van der Waals surface area contributed by atoms with Crippen LogP contribution in [0.15, 0.2) is 54.6 Å². The third-order valence-corrected chi connectivity index (χ3v) is 4.63. The van der Waals surface area contributed by atoms with Crippen LogP contribution in [0.1, 0.15) is 36.0 Å². The van der Waals surface area contributed by atoms with Gasteiger partial charge in [-0.15, -0.1) is 0 Å². The first kappa shape index (κ1) is 16.5. The van der Waals surface area contributed by atoms with Crippen molar-refractivity contribution in [2.45, 2.75) is 38.1 Å². The minimum atomic E-state index is 0.0672. The Bertz CT molecular complexity index is 709. The van der Waals surface area contributed by atoms with Crippen molar-refractivity contribution in [2.24, 2.45) is 0 Å². The van der Waals surface area contributed by atoms with Gasteiger partial charge in [0.1, 0.15) is 6.29 Å². The average molecular weight is 320 g/mol. The van der Waals surface area contributed by atoms with E-state index >= 15 is 0 Å². The summed E-state index contributed by atoms with van der Waals surface area (Å²) >= 11 is 0. The molecule has 0 amide bonds. The van der Waals surface area contributed by atoms with Crippen LogP contribution in [0.3, 0.4) is 0 Å². The second kappa shape index (κ2) is 7.93. The molecule has 3 rings (SSSR count). The van der Waals surface area contributed by atoms with E-state index in [2.05, 4.69) is 24.3 Å². The summed E-state index contributed by atoms with van der Waals surface area (Å²) < 4.78 is 0. The van der Waals surface area contributed by atoms with Crippen molar-refractivity contribution in [2.75, 3.05) is 5.06 Å². The van der Waals surface area contributed by atoms with Crippen molar-refractivity contribution in [1.82, 2.24) is 0 Å². The minimum Gasteiger partial charge on any atom is -0.758 e. The molecule has 0 saturated heterocycles. The van der Waals surface area contributed by atoms with Gasteiger partial charge < -0.3 is 10.3 Å². The molecular formula is C21H22NO2-. The van der Waals surface area contributed by atoms with Gasteiger partial charge >= 0.3 is 0 Å². The van der Waals surface area contributed by atoms with Crippen LogP contribution in [0.4, 0.5) is 5.69 Å². The van der Waals surface area contributed by atoms with E-state index < -0.39 is 0 Å². The zero-order valence-electron chi connectivity index (χ0n) is 13.7. The SMILES string of the molecule is O=CC=Cc1ccc2c(c1)CCC(CCCc1ccccc1)N2[O-]. The average Bonchev–Trinajstić information content (AvgIpc) is 2.63. The lowest BCUT2D eigenvalue weighted by Crippen LogP contribution is -2.34. The van der Waals surface area contributed by atoms with Gasteiger partial charge in [-0.25, -0.2) is 0 Å². The molecule has 124 valence electrons. The number of hydrogen-bond acceptors (Lipinski definition) is 3. The van der Waals surface area contributed by atoms with Gasteiger partial charge in [0.2, 0.25) is 0 Å². The molecule has 0 saturated carbocycles. The molecule has 0 N–H and O–H groups in total. The number of benzene rings is 2. The summed E-state index contributed by atoms with van der Waals surface area (Å²) in [5.41, 5.74) is 4.17. The van der Waals surface area contributed by atoms with E-state index in [0.29, 0.717) is 0 Å². The van der Waals surface area contributed by atoms with Gasteiger partial charge in [-0.05, 0) is 67.0 Å². The van der Waals surface area contributed by atoms with Crippen LogP contribution >= 0.6 is 0 Å². The number of hydrogen-bond donors (Lipinski definition) is 0. The third kappa shape index (κ3) is 3.92. The third-order valence-electron chi connectivity index (χ3n) is 4.63. The Morgan fingerprint density at radius 1 is 1.17 bits per heavy atom. The maximum atomic E-state index is 12.6. The molecule has 0 aliphatic carbocycles. The van der Waals surface area contributed by atoms with Crippen LogP contribution in [0.25, 0.3) is 6.08 Å². The summed E-state index contributed by atoms with van der Waals surface area (Å²) in [5.74, 6) is 0. The molecule has 2 aromatic carbocycles. The largest absolute Gasteiger partial charge is 0.758 e. The van der Waals surface area contributed by atoms with E-state index in [-0.39, 0.29) is 6.04 Å². The van der Waals surface area contributed by atoms with E-state index in [1.165, 1.54) is 16.7 Å². The molecule has 1 atom stereocenters. The number of carbonyl (C=O) groups is 1. The van der Waals surface area contributed by atoms with Gasteiger partial charge in [0.15, 0.2) is 0 Å². The summed E-state index contributed by atoms with van der Waals surface area (Å²) in [6.45, 7) is 0. The van der Waals surface area contributed by atoms with E-state index in [1.54, 1.807) is 6.08 Å². The number of allylic oxidation sites excluding steroid dienone is 1. The predicted octanol–water partition coefficient (Wildman–Crippen LogP) is 4.54. The number of carbonyl (C=O) groups excluding carboxylic acids is 1. The van der Waals surface area contributed by atoms with Crippen LogP contribution < -0.4 is 5.06 Å². The Labute approximate surface area is 143 Å². The molecule has 3 nitrogen and oxygen atoms in total. The van der Waals surface area contributed by atoms with Crippen LogP contribution in [0.2, 0.25) is 0 Å². The molecule has 24 heavy (non-hydrogen) atoms. The quantitative estimate of drug-likeness (QED) is 0.579. The first-order valence-electron chi connectivity index (χ1n) is 8.53. The predicted molar refractivity (Wildman–Crippen MR) is 98.9 cm³/mol. The molecular weight excluding hydrogens is 298 g/mol. The highest BCUT2D eigenvalue weighted by Crippen LogP contribution is 2.32. The summed E-state index contributed by atoms with van der Waals surface area (Å²) in [6.07, 6.45) is 8.81. The minimum absolute atomic E-state index is 0.0672. The zero-order valence-corrected chi connectivity index (χ0v) is 13.7. The Hall–Kier alpha value is -2.39. The van der Waals surface area contributed by atoms with Gasteiger partial charge in [-0.1, -0.05) is 42.5 Å². The Kier molecular flexibility index (Phi) is 5.44. The fourth-order valence-corrected chi connectivity index (χ4v) is 3.36.